The van der Waals surface area contributed by atoms with Gasteiger partial charge in [0.15, 0.2) is 0 Å². The number of aromatic nitrogens is 2. The molecule has 0 radical (unpaired) electrons. The minimum absolute atomic E-state index is 0.144. The summed E-state index contributed by atoms with van der Waals surface area (Å²) in [6.45, 7) is 2.32. The minimum atomic E-state index is 0.144. The first-order valence-corrected chi connectivity index (χ1v) is 5.50. The van der Waals surface area contributed by atoms with Gasteiger partial charge in [-0.25, -0.2) is 0 Å². The largest absolute Gasteiger partial charge is 0.323 e. The molecule has 1 aliphatic carbocycles. The van der Waals surface area contributed by atoms with Crippen molar-refractivity contribution in [2.24, 2.45) is 11.1 Å². The van der Waals surface area contributed by atoms with Crippen molar-refractivity contribution in [3.63, 3.8) is 0 Å². The highest BCUT2D eigenvalue weighted by Crippen LogP contribution is 2.46. The summed E-state index contributed by atoms with van der Waals surface area (Å²) in [5.74, 6) is 0. The normalized spacial score (nSPS) is 22.3. The molecule has 0 saturated heterocycles. The van der Waals surface area contributed by atoms with Crippen molar-refractivity contribution in [2.45, 2.75) is 38.6 Å². The van der Waals surface area contributed by atoms with Crippen molar-refractivity contribution in [1.82, 2.24) is 9.59 Å². The summed E-state index contributed by atoms with van der Waals surface area (Å²) in [4.78, 5) is 1.12. The molecule has 0 aromatic carbocycles. The van der Waals surface area contributed by atoms with Gasteiger partial charge in [-0.2, -0.15) is 0 Å². The topological polar surface area (TPSA) is 51.8 Å². The third kappa shape index (κ3) is 1.89. The van der Waals surface area contributed by atoms with Crippen LogP contribution in [0.25, 0.3) is 0 Å². The van der Waals surface area contributed by atoms with E-state index in [1.54, 1.807) is 6.20 Å². The van der Waals surface area contributed by atoms with Gasteiger partial charge in [0.1, 0.15) is 0 Å². The average Bonchev–Trinajstić information content (AvgIpc) is 2.53. The van der Waals surface area contributed by atoms with Gasteiger partial charge in [-0.1, -0.05) is 17.8 Å². The number of rotatable bonds is 3. The zero-order valence-electron chi connectivity index (χ0n) is 7.86. The van der Waals surface area contributed by atoms with Crippen LogP contribution in [0.1, 0.15) is 43.5 Å². The lowest BCUT2D eigenvalue weighted by Crippen LogP contribution is -2.29. The molecular weight excluding hydrogens is 182 g/mol. The molecule has 2 N–H and O–H groups in total. The fourth-order valence-electron chi connectivity index (χ4n) is 1.95. The van der Waals surface area contributed by atoms with Gasteiger partial charge >= 0.3 is 0 Å². The Morgan fingerprint density at radius 2 is 2.46 bits per heavy atom. The van der Waals surface area contributed by atoms with Crippen molar-refractivity contribution in [3.8, 4) is 0 Å². The van der Waals surface area contributed by atoms with E-state index in [2.05, 4.69) is 16.5 Å². The molecule has 4 heteroatoms. The number of nitrogens with zero attached hydrogens (tertiary/aromatic N) is 2. The molecule has 1 aromatic rings. The molecular formula is C9H15N3S. The molecule has 1 aliphatic rings. The maximum atomic E-state index is 6.07. The van der Waals surface area contributed by atoms with Crippen molar-refractivity contribution in [1.29, 1.82) is 0 Å². The monoisotopic (exact) mass is 197 g/mol. The van der Waals surface area contributed by atoms with E-state index in [0.717, 1.165) is 11.3 Å². The van der Waals surface area contributed by atoms with Crippen molar-refractivity contribution < 1.29 is 0 Å². The van der Waals surface area contributed by atoms with E-state index in [-0.39, 0.29) is 6.04 Å². The summed E-state index contributed by atoms with van der Waals surface area (Å²) < 4.78 is 3.83. The Morgan fingerprint density at radius 3 is 2.92 bits per heavy atom. The first-order valence-electron chi connectivity index (χ1n) is 4.72. The molecule has 0 aliphatic heterocycles. The average molecular weight is 197 g/mol. The van der Waals surface area contributed by atoms with Crippen LogP contribution in [0, 0.1) is 5.41 Å². The van der Waals surface area contributed by atoms with Crippen LogP contribution in [0.2, 0.25) is 0 Å². The SMILES string of the molecule is CC1(CC(N)c2cnns2)CCC1. The highest BCUT2D eigenvalue weighted by atomic mass is 32.1. The van der Waals surface area contributed by atoms with Crippen LogP contribution in [-0.4, -0.2) is 9.59 Å². The lowest BCUT2D eigenvalue weighted by atomic mass is 9.67. The van der Waals surface area contributed by atoms with Crippen LogP contribution in [0.5, 0.6) is 0 Å². The zero-order chi connectivity index (χ0) is 9.31. The molecule has 3 nitrogen and oxygen atoms in total. The molecule has 1 fully saturated rings. The van der Waals surface area contributed by atoms with Gasteiger partial charge in [0.05, 0.1) is 11.1 Å². The van der Waals surface area contributed by atoms with Gasteiger partial charge in [-0.3, -0.25) is 0 Å². The quantitative estimate of drug-likeness (QED) is 0.807. The molecule has 13 heavy (non-hydrogen) atoms. The Morgan fingerprint density at radius 1 is 1.69 bits per heavy atom. The molecule has 0 spiro atoms. The maximum Gasteiger partial charge on any atom is 0.0669 e. The highest BCUT2D eigenvalue weighted by molar-refractivity contribution is 7.05. The Kier molecular flexibility index (Phi) is 2.34. The van der Waals surface area contributed by atoms with E-state index >= 15 is 0 Å². The Labute approximate surface area is 82.5 Å². The van der Waals surface area contributed by atoms with Crippen LogP contribution in [0.4, 0.5) is 0 Å². The Bertz CT molecular complexity index is 266. The fourth-order valence-corrected chi connectivity index (χ4v) is 2.46. The number of hydrogen-bond acceptors (Lipinski definition) is 4. The summed E-state index contributed by atoms with van der Waals surface area (Å²) in [7, 11) is 0. The summed E-state index contributed by atoms with van der Waals surface area (Å²) in [6, 6.07) is 0.144. The lowest BCUT2D eigenvalue weighted by Gasteiger charge is -2.40. The predicted molar refractivity (Wildman–Crippen MR) is 53.4 cm³/mol. The van der Waals surface area contributed by atoms with E-state index < -0.39 is 0 Å². The fraction of sp³-hybridized carbons (Fsp3) is 0.778. The third-order valence-electron chi connectivity index (χ3n) is 3.02. The molecule has 0 bridgehead atoms. The highest BCUT2D eigenvalue weighted by Gasteiger charge is 2.33. The van der Waals surface area contributed by atoms with Crippen molar-refractivity contribution >= 4 is 11.5 Å². The molecule has 1 heterocycles. The number of nitrogens with two attached hydrogens (primary N) is 1. The maximum absolute atomic E-state index is 6.07. The molecule has 72 valence electrons. The molecule has 2 rings (SSSR count). The Balaban J connectivity index is 1.95. The summed E-state index contributed by atoms with van der Waals surface area (Å²) in [5, 5.41) is 3.81. The molecule has 1 unspecified atom stereocenters. The van der Waals surface area contributed by atoms with E-state index in [1.165, 1.54) is 30.8 Å². The minimum Gasteiger partial charge on any atom is -0.323 e. The zero-order valence-corrected chi connectivity index (χ0v) is 8.68. The molecule has 1 saturated carbocycles. The van der Waals surface area contributed by atoms with Crippen LogP contribution in [0.3, 0.4) is 0 Å². The summed E-state index contributed by atoms with van der Waals surface area (Å²) in [5.41, 5.74) is 6.55. The van der Waals surface area contributed by atoms with Crippen LogP contribution >= 0.6 is 11.5 Å². The van der Waals surface area contributed by atoms with E-state index in [4.69, 9.17) is 5.73 Å². The first-order chi connectivity index (χ1) is 6.20. The van der Waals surface area contributed by atoms with Crippen LogP contribution in [0.15, 0.2) is 6.20 Å². The van der Waals surface area contributed by atoms with E-state index in [0.29, 0.717) is 5.41 Å². The summed E-state index contributed by atoms with van der Waals surface area (Å²) >= 11 is 1.42. The Hall–Kier alpha value is -0.480. The van der Waals surface area contributed by atoms with E-state index in [1.807, 2.05) is 0 Å². The van der Waals surface area contributed by atoms with Crippen LogP contribution in [-0.2, 0) is 0 Å². The van der Waals surface area contributed by atoms with Crippen LogP contribution < -0.4 is 5.73 Å². The number of hydrogen-bond donors (Lipinski definition) is 1. The van der Waals surface area contributed by atoms with E-state index in [9.17, 15) is 0 Å². The van der Waals surface area contributed by atoms with Crippen molar-refractivity contribution in [2.75, 3.05) is 0 Å². The molecule has 1 atom stereocenters. The van der Waals surface area contributed by atoms with Gasteiger partial charge in [0.25, 0.3) is 0 Å². The van der Waals surface area contributed by atoms with Gasteiger partial charge in [-0.15, -0.1) is 5.10 Å². The second-order valence-electron chi connectivity index (χ2n) is 4.29. The van der Waals surface area contributed by atoms with Gasteiger partial charge in [-0.05, 0) is 36.2 Å². The van der Waals surface area contributed by atoms with Crippen molar-refractivity contribution in [3.05, 3.63) is 11.1 Å². The van der Waals surface area contributed by atoms with Gasteiger partial charge in [0, 0.05) is 6.04 Å². The second kappa shape index (κ2) is 3.35. The van der Waals surface area contributed by atoms with Gasteiger partial charge < -0.3 is 5.73 Å². The molecule has 0 amide bonds. The first kappa shape index (κ1) is 9.09. The van der Waals surface area contributed by atoms with Gasteiger partial charge in [0.2, 0.25) is 0 Å². The predicted octanol–water partition coefficient (Wildman–Crippen LogP) is 2.12. The lowest BCUT2D eigenvalue weighted by molar-refractivity contribution is 0.135. The summed E-state index contributed by atoms with van der Waals surface area (Å²) in [6.07, 6.45) is 6.89. The third-order valence-corrected chi connectivity index (χ3v) is 3.81. The molecule has 1 aromatic heterocycles. The smallest absolute Gasteiger partial charge is 0.0669 e. The standard InChI is InChI=1S/C9H15N3S/c1-9(3-2-4-9)5-7(10)8-6-11-12-13-8/h6-7H,2-5,10H2,1H3. The second-order valence-corrected chi connectivity index (χ2v) is 5.11.